The lowest BCUT2D eigenvalue weighted by atomic mass is 10.2. The molecule has 0 radical (unpaired) electrons. The van der Waals surface area contributed by atoms with Gasteiger partial charge in [-0.15, -0.1) is 11.8 Å². The number of nitrogens with one attached hydrogen (secondary N) is 1. The van der Waals surface area contributed by atoms with Gasteiger partial charge >= 0.3 is 0 Å². The lowest BCUT2D eigenvalue weighted by Gasteiger charge is -2.24. The molecule has 2 aromatic rings. The average molecular weight is 334 g/mol. The molecule has 1 aliphatic rings. The second kappa shape index (κ2) is 6.37. The molecule has 2 heterocycles. The van der Waals surface area contributed by atoms with Crippen molar-refractivity contribution in [3.8, 4) is 0 Å². The minimum Gasteiger partial charge on any atom is -0.272 e. The molecule has 112 valence electrons. The van der Waals surface area contributed by atoms with Gasteiger partial charge in [-0.2, -0.15) is 0 Å². The van der Waals surface area contributed by atoms with E-state index in [1.807, 2.05) is 12.1 Å². The third-order valence-corrected chi connectivity index (χ3v) is 4.65. The number of benzene rings is 1. The highest BCUT2D eigenvalue weighted by Gasteiger charge is 2.34. The quantitative estimate of drug-likeness (QED) is 0.938. The summed E-state index contributed by atoms with van der Waals surface area (Å²) in [6, 6.07) is 10.4. The minimum absolute atomic E-state index is 0.132. The Morgan fingerprint density at radius 3 is 2.59 bits per heavy atom. The molecule has 1 saturated heterocycles. The highest BCUT2D eigenvalue weighted by Crippen LogP contribution is 2.37. The van der Waals surface area contributed by atoms with E-state index >= 15 is 0 Å². The zero-order valence-electron chi connectivity index (χ0n) is 11.4. The molecule has 0 aliphatic carbocycles. The van der Waals surface area contributed by atoms with E-state index < -0.39 is 0 Å². The van der Waals surface area contributed by atoms with Gasteiger partial charge in [0, 0.05) is 23.0 Å². The largest absolute Gasteiger partial charge is 0.272 e. The van der Waals surface area contributed by atoms with Crippen LogP contribution in [0.5, 0.6) is 0 Å². The number of nitrogens with zero attached hydrogens (tertiary/aromatic N) is 2. The number of amides is 2. The summed E-state index contributed by atoms with van der Waals surface area (Å²) >= 11 is 7.35. The lowest BCUT2D eigenvalue weighted by molar-refractivity contribution is -0.130. The first-order valence-electron chi connectivity index (χ1n) is 6.55. The standard InChI is InChI=1S/C15H12ClN3O2S/c16-12-3-1-11(2-4-12)15-19(13(20)9-22-15)18-14(21)10-5-7-17-8-6-10/h1-8,15H,9H2,(H,18,21)/t15-/m1/s1. The first-order chi connectivity index (χ1) is 10.6. The first kappa shape index (κ1) is 14.9. The average Bonchev–Trinajstić information content (AvgIpc) is 2.90. The number of carbonyl (C=O) groups excluding carboxylic acids is 2. The van der Waals surface area contributed by atoms with Crippen LogP contribution in [0.3, 0.4) is 0 Å². The van der Waals surface area contributed by atoms with Gasteiger partial charge in [0.15, 0.2) is 0 Å². The molecule has 5 nitrogen and oxygen atoms in total. The summed E-state index contributed by atoms with van der Waals surface area (Å²) in [7, 11) is 0. The van der Waals surface area contributed by atoms with E-state index in [4.69, 9.17) is 11.6 Å². The number of rotatable bonds is 3. The van der Waals surface area contributed by atoms with Crippen LogP contribution in [0.4, 0.5) is 0 Å². The molecule has 2 amide bonds. The summed E-state index contributed by atoms with van der Waals surface area (Å²) in [6.07, 6.45) is 3.07. The van der Waals surface area contributed by atoms with E-state index in [-0.39, 0.29) is 17.2 Å². The van der Waals surface area contributed by atoms with Crippen molar-refractivity contribution in [2.75, 3.05) is 5.75 Å². The van der Waals surface area contributed by atoms with Gasteiger partial charge in [-0.05, 0) is 29.8 Å². The van der Waals surface area contributed by atoms with Crippen LogP contribution >= 0.6 is 23.4 Å². The third kappa shape index (κ3) is 3.08. The molecule has 0 unspecified atom stereocenters. The number of carbonyl (C=O) groups is 2. The first-order valence-corrected chi connectivity index (χ1v) is 7.98. The van der Waals surface area contributed by atoms with Gasteiger partial charge < -0.3 is 0 Å². The van der Waals surface area contributed by atoms with Gasteiger partial charge in [-0.25, -0.2) is 5.01 Å². The summed E-state index contributed by atoms with van der Waals surface area (Å²) in [5.74, 6) is -0.145. The van der Waals surface area contributed by atoms with E-state index in [2.05, 4.69) is 10.4 Å². The highest BCUT2D eigenvalue weighted by molar-refractivity contribution is 8.00. The summed E-state index contributed by atoms with van der Waals surface area (Å²) < 4.78 is 0. The fourth-order valence-corrected chi connectivity index (χ4v) is 3.33. The monoisotopic (exact) mass is 333 g/mol. The van der Waals surface area contributed by atoms with E-state index in [0.717, 1.165) is 5.56 Å². The molecular formula is C15H12ClN3O2S. The predicted molar refractivity (Wildman–Crippen MR) is 85.2 cm³/mol. The maximum absolute atomic E-state index is 12.2. The van der Waals surface area contributed by atoms with Gasteiger partial charge in [0.2, 0.25) is 0 Å². The number of hydrogen-bond acceptors (Lipinski definition) is 4. The van der Waals surface area contributed by atoms with Crippen LogP contribution in [-0.4, -0.2) is 27.6 Å². The van der Waals surface area contributed by atoms with Crippen molar-refractivity contribution >= 4 is 35.2 Å². The zero-order chi connectivity index (χ0) is 15.5. The molecule has 1 aromatic carbocycles. The van der Waals surface area contributed by atoms with Crippen LogP contribution in [0.1, 0.15) is 21.3 Å². The number of hydrazine groups is 1. The van der Waals surface area contributed by atoms with Crippen LogP contribution in [0.25, 0.3) is 0 Å². The van der Waals surface area contributed by atoms with E-state index in [1.54, 1.807) is 24.3 Å². The van der Waals surface area contributed by atoms with Gasteiger partial charge in [0.05, 0.1) is 5.75 Å². The Balaban J connectivity index is 1.79. The molecule has 1 aliphatic heterocycles. The van der Waals surface area contributed by atoms with Crippen LogP contribution < -0.4 is 5.43 Å². The SMILES string of the molecule is O=C(NN1C(=O)CS[C@@H]1c1ccc(Cl)cc1)c1ccncc1. The second-order valence-electron chi connectivity index (χ2n) is 4.66. The second-order valence-corrected chi connectivity index (χ2v) is 6.16. The molecule has 0 spiro atoms. The fourth-order valence-electron chi connectivity index (χ4n) is 2.10. The normalized spacial score (nSPS) is 17.6. The topological polar surface area (TPSA) is 62.3 Å². The van der Waals surface area contributed by atoms with Crippen molar-refractivity contribution in [2.45, 2.75) is 5.37 Å². The molecule has 1 fully saturated rings. The van der Waals surface area contributed by atoms with Crippen molar-refractivity contribution in [2.24, 2.45) is 0 Å². The molecule has 1 N–H and O–H groups in total. The number of pyridine rings is 1. The van der Waals surface area contributed by atoms with E-state index in [0.29, 0.717) is 16.3 Å². The van der Waals surface area contributed by atoms with E-state index in [1.165, 1.54) is 29.2 Å². The molecule has 7 heteroatoms. The van der Waals surface area contributed by atoms with Crippen molar-refractivity contribution in [1.29, 1.82) is 0 Å². The summed E-state index contributed by atoms with van der Waals surface area (Å²) in [4.78, 5) is 28.1. The number of hydrogen-bond donors (Lipinski definition) is 1. The van der Waals surface area contributed by atoms with Crippen LogP contribution in [0.15, 0.2) is 48.8 Å². The lowest BCUT2D eigenvalue weighted by Crippen LogP contribution is -2.44. The zero-order valence-corrected chi connectivity index (χ0v) is 13.0. The molecule has 0 saturated carbocycles. The smallest absolute Gasteiger partial charge is 0.270 e. The van der Waals surface area contributed by atoms with Crippen LogP contribution in [0, 0.1) is 0 Å². The number of thioether (sulfide) groups is 1. The maximum Gasteiger partial charge on any atom is 0.270 e. The van der Waals surface area contributed by atoms with Gasteiger partial charge in [-0.1, -0.05) is 23.7 Å². The molecule has 22 heavy (non-hydrogen) atoms. The van der Waals surface area contributed by atoms with Crippen molar-refractivity contribution in [3.05, 3.63) is 64.9 Å². The van der Waals surface area contributed by atoms with Crippen LogP contribution in [-0.2, 0) is 4.79 Å². The summed E-state index contributed by atoms with van der Waals surface area (Å²) in [5, 5.41) is 1.75. The molecular weight excluding hydrogens is 322 g/mol. The Labute approximate surface area is 136 Å². The van der Waals surface area contributed by atoms with Gasteiger partial charge in [-0.3, -0.25) is 20.0 Å². The molecule has 1 atom stereocenters. The van der Waals surface area contributed by atoms with Crippen molar-refractivity contribution < 1.29 is 9.59 Å². The minimum atomic E-state index is -0.336. The Kier molecular flexibility index (Phi) is 4.31. The Morgan fingerprint density at radius 2 is 1.91 bits per heavy atom. The van der Waals surface area contributed by atoms with Gasteiger partial charge in [0.25, 0.3) is 11.8 Å². The molecule has 3 rings (SSSR count). The Hall–Kier alpha value is -2.05. The summed E-state index contributed by atoms with van der Waals surface area (Å²) in [6.45, 7) is 0. The fraction of sp³-hybridized carbons (Fsp3) is 0.133. The van der Waals surface area contributed by atoms with Crippen molar-refractivity contribution in [1.82, 2.24) is 15.4 Å². The van der Waals surface area contributed by atoms with Crippen LogP contribution in [0.2, 0.25) is 5.02 Å². The molecule has 1 aromatic heterocycles. The predicted octanol–water partition coefficient (Wildman–Crippen LogP) is 2.65. The third-order valence-electron chi connectivity index (χ3n) is 3.19. The number of aromatic nitrogens is 1. The highest BCUT2D eigenvalue weighted by atomic mass is 35.5. The van der Waals surface area contributed by atoms with E-state index in [9.17, 15) is 9.59 Å². The maximum atomic E-state index is 12.2. The summed E-state index contributed by atoms with van der Waals surface area (Å²) in [5.41, 5.74) is 4.04. The van der Waals surface area contributed by atoms with Gasteiger partial charge in [0.1, 0.15) is 5.37 Å². The molecule has 0 bridgehead atoms. The Morgan fingerprint density at radius 1 is 1.23 bits per heavy atom. The Bertz CT molecular complexity index is 694. The van der Waals surface area contributed by atoms with Crippen molar-refractivity contribution in [3.63, 3.8) is 0 Å². The number of halogens is 1.